The minimum absolute atomic E-state index is 0.161. The lowest BCUT2D eigenvalue weighted by Gasteiger charge is -2.13. The van der Waals surface area contributed by atoms with Crippen LogP contribution in [-0.4, -0.2) is 37.8 Å². The van der Waals surface area contributed by atoms with Gasteiger partial charge in [0.1, 0.15) is 5.39 Å². The second-order valence-electron chi connectivity index (χ2n) is 7.48. The molecule has 0 unspecified atom stereocenters. The molecule has 0 spiro atoms. The van der Waals surface area contributed by atoms with E-state index in [4.69, 9.17) is 14.5 Å². The Hall–Kier alpha value is -3.79. The van der Waals surface area contributed by atoms with E-state index in [2.05, 4.69) is 10.4 Å². The smallest absolute Gasteiger partial charge is 0.265 e. The summed E-state index contributed by atoms with van der Waals surface area (Å²) >= 11 is 1.47. The molecule has 0 saturated heterocycles. The summed E-state index contributed by atoms with van der Waals surface area (Å²) in [7, 11) is 0. The number of ether oxygens (including phenoxy) is 2. The molecule has 1 atom stereocenters. The van der Waals surface area contributed by atoms with Gasteiger partial charge in [-0.15, -0.1) is 0 Å². The van der Waals surface area contributed by atoms with Gasteiger partial charge in [-0.3, -0.25) is 14.2 Å². The molecule has 0 fully saturated rings. The molecule has 4 heterocycles. The number of amides is 1. The van der Waals surface area contributed by atoms with Gasteiger partial charge in [0.15, 0.2) is 22.3 Å². The summed E-state index contributed by atoms with van der Waals surface area (Å²) in [6, 6.07) is 14.5. The number of hydrogen-bond acceptors (Lipinski definition) is 7. The number of nitrogens with zero attached hydrogens (tertiary/aromatic N) is 4. The number of carbonyl (C=O) groups is 1. The zero-order valence-electron chi connectivity index (χ0n) is 16.7. The first-order valence-corrected chi connectivity index (χ1v) is 11.0. The first-order valence-electron chi connectivity index (χ1n) is 10.1. The molecule has 2 aliphatic rings. The molecule has 0 bridgehead atoms. The van der Waals surface area contributed by atoms with Crippen molar-refractivity contribution in [2.75, 3.05) is 17.9 Å². The average Bonchev–Trinajstić information content (AvgIpc) is 3.53. The van der Waals surface area contributed by atoms with E-state index in [1.54, 1.807) is 27.4 Å². The molecule has 2 aromatic heterocycles. The molecule has 1 amide bonds. The summed E-state index contributed by atoms with van der Waals surface area (Å²) in [6.45, 7) is 0.175. The molecule has 10 heteroatoms. The average molecular weight is 447 g/mol. The lowest BCUT2D eigenvalue weighted by atomic mass is 10.2. The van der Waals surface area contributed by atoms with Crippen LogP contribution in [0.5, 0.6) is 11.5 Å². The normalized spacial score (nSPS) is 16.3. The van der Waals surface area contributed by atoms with Crippen molar-refractivity contribution in [3.8, 4) is 17.2 Å². The van der Waals surface area contributed by atoms with Gasteiger partial charge in [-0.1, -0.05) is 30.0 Å². The number of rotatable bonds is 4. The maximum atomic E-state index is 13.2. The highest BCUT2D eigenvalue weighted by Gasteiger charge is 2.29. The maximum absolute atomic E-state index is 13.2. The van der Waals surface area contributed by atoms with Crippen LogP contribution in [0, 0.1) is 0 Å². The highest BCUT2D eigenvalue weighted by molar-refractivity contribution is 7.99. The molecular weight excluding hydrogens is 430 g/mol. The largest absolute Gasteiger partial charge is 0.454 e. The molecule has 6 rings (SSSR count). The number of aromatic nitrogens is 4. The lowest BCUT2D eigenvalue weighted by Crippen LogP contribution is -2.27. The first kappa shape index (κ1) is 18.9. The minimum Gasteiger partial charge on any atom is -0.454 e. The molecular formula is C22H17N5O4S. The Morgan fingerprint density at radius 2 is 2.00 bits per heavy atom. The monoisotopic (exact) mass is 447 g/mol. The number of hydrogen-bond donors (Lipinski definition) is 1. The molecule has 0 aliphatic carbocycles. The van der Waals surface area contributed by atoms with Crippen LogP contribution in [0.3, 0.4) is 0 Å². The fourth-order valence-corrected chi connectivity index (χ4v) is 5.07. The van der Waals surface area contributed by atoms with Gasteiger partial charge in [-0.05, 0) is 24.3 Å². The highest BCUT2D eigenvalue weighted by Crippen LogP contribution is 2.36. The molecule has 160 valence electrons. The summed E-state index contributed by atoms with van der Waals surface area (Å²) in [5, 5.41) is 8.27. The molecule has 0 radical (unpaired) electrons. The quantitative estimate of drug-likeness (QED) is 0.480. The number of anilines is 1. The summed E-state index contributed by atoms with van der Waals surface area (Å²) < 4.78 is 13.9. The summed E-state index contributed by atoms with van der Waals surface area (Å²) in [4.78, 5) is 30.6. The molecule has 4 aromatic rings. The van der Waals surface area contributed by atoms with E-state index in [0.29, 0.717) is 39.1 Å². The summed E-state index contributed by atoms with van der Waals surface area (Å²) in [6.07, 6.45) is 1.70. The zero-order valence-corrected chi connectivity index (χ0v) is 17.5. The van der Waals surface area contributed by atoms with Gasteiger partial charge in [-0.2, -0.15) is 5.10 Å². The van der Waals surface area contributed by atoms with Crippen molar-refractivity contribution in [2.45, 2.75) is 17.6 Å². The fourth-order valence-electron chi connectivity index (χ4n) is 3.94. The number of fused-ring (bicyclic) bond motifs is 3. The van der Waals surface area contributed by atoms with E-state index in [1.165, 1.54) is 18.0 Å². The van der Waals surface area contributed by atoms with Crippen LogP contribution in [0.1, 0.15) is 12.5 Å². The zero-order chi connectivity index (χ0) is 21.7. The molecule has 0 saturated carbocycles. The van der Waals surface area contributed by atoms with E-state index in [-0.39, 0.29) is 30.7 Å². The molecule has 9 nitrogen and oxygen atoms in total. The predicted molar refractivity (Wildman–Crippen MR) is 119 cm³/mol. The number of nitrogens with one attached hydrogen (secondary N) is 1. The lowest BCUT2D eigenvalue weighted by molar-refractivity contribution is -0.116. The van der Waals surface area contributed by atoms with Crippen LogP contribution in [0.2, 0.25) is 0 Å². The van der Waals surface area contributed by atoms with Gasteiger partial charge in [0.05, 0.1) is 17.9 Å². The SMILES string of the molecule is O=C(C[C@H]1CSc2nc3c(cnn3-c3ccccc3)c(=O)n21)Nc1ccc2c(c1)OCO2. The highest BCUT2D eigenvalue weighted by atomic mass is 32.2. The van der Waals surface area contributed by atoms with Crippen LogP contribution >= 0.6 is 11.8 Å². The van der Waals surface area contributed by atoms with E-state index >= 15 is 0 Å². The van der Waals surface area contributed by atoms with Crippen molar-refractivity contribution in [2.24, 2.45) is 0 Å². The Morgan fingerprint density at radius 3 is 2.88 bits per heavy atom. The van der Waals surface area contributed by atoms with Crippen molar-refractivity contribution < 1.29 is 14.3 Å². The Morgan fingerprint density at radius 1 is 1.16 bits per heavy atom. The van der Waals surface area contributed by atoms with Gasteiger partial charge in [-0.25, -0.2) is 9.67 Å². The number of benzene rings is 2. The van der Waals surface area contributed by atoms with E-state index < -0.39 is 0 Å². The van der Waals surface area contributed by atoms with Gasteiger partial charge < -0.3 is 14.8 Å². The van der Waals surface area contributed by atoms with Gasteiger partial charge in [0.25, 0.3) is 5.56 Å². The molecule has 2 aliphatic heterocycles. The van der Waals surface area contributed by atoms with Crippen LogP contribution in [0.15, 0.2) is 64.7 Å². The summed E-state index contributed by atoms with van der Waals surface area (Å²) in [5.41, 5.74) is 1.79. The predicted octanol–water partition coefficient (Wildman–Crippen LogP) is 2.99. The first-order chi connectivity index (χ1) is 15.7. The van der Waals surface area contributed by atoms with Gasteiger partial charge in [0, 0.05) is 23.9 Å². The third-order valence-corrected chi connectivity index (χ3v) is 6.55. The van der Waals surface area contributed by atoms with Crippen molar-refractivity contribution >= 4 is 34.4 Å². The number of carbonyl (C=O) groups excluding carboxylic acids is 1. The van der Waals surface area contributed by atoms with Gasteiger partial charge >= 0.3 is 0 Å². The number of para-hydroxylation sites is 1. The van der Waals surface area contributed by atoms with Crippen molar-refractivity contribution in [1.82, 2.24) is 19.3 Å². The van der Waals surface area contributed by atoms with Crippen LogP contribution in [0.25, 0.3) is 16.7 Å². The van der Waals surface area contributed by atoms with Crippen molar-refractivity contribution in [3.05, 3.63) is 65.1 Å². The van der Waals surface area contributed by atoms with Crippen LogP contribution in [0.4, 0.5) is 5.69 Å². The maximum Gasteiger partial charge on any atom is 0.265 e. The molecule has 32 heavy (non-hydrogen) atoms. The molecule has 2 aromatic carbocycles. The second kappa shape index (κ2) is 7.41. The topological polar surface area (TPSA) is 100 Å². The van der Waals surface area contributed by atoms with Crippen LogP contribution in [-0.2, 0) is 4.79 Å². The van der Waals surface area contributed by atoms with E-state index in [9.17, 15) is 9.59 Å². The fraction of sp³-hybridized carbons (Fsp3) is 0.182. The standard InChI is InChI=1S/C22H17N5O4S/c28-19(24-13-6-7-17-18(8-13)31-12-30-17)9-15-11-32-22-25-20-16(21(29)26(15)22)10-23-27(20)14-4-2-1-3-5-14/h1-8,10,15H,9,11-12H2,(H,24,28)/t15-/m0/s1. The Balaban J connectivity index is 1.27. The van der Waals surface area contributed by atoms with Crippen molar-refractivity contribution in [1.29, 1.82) is 0 Å². The Kier molecular flexibility index (Phi) is 4.39. The summed E-state index contributed by atoms with van der Waals surface area (Å²) in [5.74, 6) is 1.67. The Labute approximate surface area is 186 Å². The molecule has 1 N–H and O–H groups in total. The third kappa shape index (κ3) is 3.11. The minimum atomic E-state index is -0.284. The Bertz CT molecular complexity index is 1420. The third-order valence-electron chi connectivity index (χ3n) is 5.45. The van der Waals surface area contributed by atoms with Crippen molar-refractivity contribution in [3.63, 3.8) is 0 Å². The van der Waals surface area contributed by atoms with Gasteiger partial charge in [0.2, 0.25) is 12.7 Å². The van der Waals surface area contributed by atoms with Crippen LogP contribution < -0.4 is 20.3 Å². The van der Waals surface area contributed by atoms with E-state index in [0.717, 1.165) is 5.69 Å². The second-order valence-corrected chi connectivity index (χ2v) is 8.47. The van der Waals surface area contributed by atoms with E-state index in [1.807, 2.05) is 30.3 Å². The number of thioether (sulfide) groups is 1.